The molecule has 2 aromatic heterocycles. The van der Waals surface area contributed by atoms with E-state index < -0.39 is 36.1 Å². The largest absolute Gasteiger partial charge is 0.455 e. The third-order valence-corrected chi connectivity index (χ3v) is 6.46. The van der Waals surface area contributed by atoms with Crippen LogP contribution in [0.3, 0.4) is 0 Å². The maximum Gasteiger partial charge on any atom is 0.312 e. The molecule has 0 amide bonds. The molecule has 10 nitrogen and oxygen atoms in total. The van der Waals surface area contributed by atoms with Crippen molar-refractivity contribution in [2.45, 2.75) is 44.2 Å². The number of nitrogen functional groups attached to an aromatic ring is 1. The van der Waals surface area contributed by atoms with Gasteiger partial charge in [-0.15, -0.1) is 6.58 Å². The van der Waals surface area contributed by atoms with E-state index in [1.165, 1.54) is 17.8 Å². The molecule has 2 aromatic carbocycles. The van der Waals surface area contributed by atoms with Crippen LogP contribution in [0.2, 0.25) is 0 Å². The third-order valence-electron chi connectivity index (χ3n) is 6.46. The summed E-state index contributed by atoms with van der Waals surface area (Å²) in [6.45, 7) is 5.82. The van der Waals surface area contributed by atoms with Gasteiger partial charge in [-0.2, -0.15) is 14.4 Å². The van der Waals surface area contributed by atoms with Gasteiger partial charge in [0.15, 0.2) is 29.3 Å². The maximum atomic E-state index is 14.1. The Hall–Kier alpha value is -4.19. The normalized spacial score (nSPS) is 22.7. The molecular formula is C28H28FN5O5. The minimum Gasteiger partial charge on any atom is -0.455 e. The number of hydrogen-bond acceptors (Lipinski definition) is 9. The van der Waals surface area contributed by atoms with Gasteiger partial charge in [0, 0.05) is 6.92 Å². The predicted octanol–water partition coefficient (Wildman–Crippen LogP) is 3.74. The van der Waals surface area contributed by atoms with E-state index in [4.69, 9.17) is 24.7 Å². The molecule has 1 fully saturated rings. The number of halogens is 1. The second kappa shape index (κ2) is 11.3. The number of imidazole rings is 1. The van der Waals surface area contributed by atoms with Crippen LogP contribution in [0.4, 0.5) is 10.2 Å². The van der Waals surface area contributed by atoms with Crippen LogP contribution in [0.15, 0.2) is 79.6 Å². The van der Waals surface area contributed by atoms with Gasteiger partial charge in [-0.1, -0.05) is 66.7 Å². The fourth-order valence-electron chi connectivity index (χ4n) is 4.65. The van der Waals surface area contributed by atoms with E-state index in [0.29, 0.717) is 6.61 Å². The lowest BCUT2D eigenvalue weighted by Gasteiger charge is -2.32. The summed E-state index contributed by atoms with van der Waals surface area (Å²) >= 11 is 0. The topological polar surface area (TPSA) is 124 Å². The number of fused-ring (bicyclic) bond motifs is 1. The maximum absolute atomic E-state index is 14.1. The van der Waals surface area contributed by atoms with Crippen LogP contribution in [-0.4, -0.2) is 49.9 Å². The molecule has 3 heterocycles. The molecule has 5 rings (SSSR count). The van der Waals surface area contributed by atoms with Crippen molar-refractivity contribution in [2.24, 2.45) is 0 Å². The molecule has 0 radical (unpaired) electrons. The fourth-order valence-corrected chi connectivity index (χ4v) is 4.65. The van der Waals surface area contributed by atoms with E-state index in [1.54, 1.807) is 6.08 Å². The molecule has 1 aliphatic heterocycles. The van der Waals surface area contributed by atoms with Crippen LogP contribution in [-0.2, 0) is 37.0 Å². The van der Waals surface area contributed by atoms with Crippen LogP contribution in [0.25, 0.3) is 11.2 Å². The minimum atomic E-state index is -1.26. The van der Waals surface area contributed by atoms with E-state index in [-0.39, 0.29) is 30.2 Å². The van der Waals surface area contributed by atoms with E-state index >= 15 is 0 Å². The van der Waals surface area contributed by atoms with Gasteiger partial charge in [0.2, 0.25) is 0 Å². The lowest BCUT2D eigenvalue weighted by Crippen LogP contribution is -2.48. The highest BCUT2D eigenvalue weighted by Gasteiger charge is 2.57. The van der Waals surface area contributed by atoms with Crippen molar-refractivity contribution in [3.05, 3.63) is 96.9 Å². The number of carbonyl (C=O) groups is 1. The second-order valence-corrected chi connectivity index (χ2v) is 9.14. The van der Waals surface area contributed by atoms with Crippen LogP contribution in [0.1, 0.15) is 24.3 Å². The number of aromatic nitrogens is 4. The highest BCUT2D eigenvalue weighted by atomic mass is 19.1. The molecule has 39 heavy (non-hydrogen) atoms. The van der Waals surface area contributed by atoms with Crippen molar-refractivity contribution in [2.75, 3.05) is 12.3 Å². The van der Waals surface area contributed by atoms with Crippen molar-refractivity contribution in [3.63, 3.8) is 0 Å². The average Bonchev–Trinajstić information content (AvgIpc) is 3.48. The minimum absolute atomic E-state index is 0.0250. The number of rotatable bonds is 10. The van der Waals surface area contributed by atoms with Gasteiger partial charge in [-0.05, 0) is 11.1 Å². The zero-order chi connectivity index (χ0) is 27.4. The molecule has 0 aliphatic carbocycles. The van der Waals surface area contributed by atoms with Gasteiger partial charge < -0.3 is 24.7 Å². The SMILES string of the molecule is C=CC1(COCc2ccccc2)OC(n2cnc3c(N)nc(F)nc32)C(OC(C)=O)C1OCc1ccccc1. The van der Waals surface area contributed by atoms with Gasteiger partial charge >= 0.3 is 12.0 Å². The second-order valence-electron chi connectivity index (χ2n) is 9.14. The number of hydrogen-bond donors (Lipinski definition) is 1. The van der Waals surface area contributed by atoms with Gasteiger partial charge in [0.05, 0.1) is 26.1 Å². The predicted molar refractivity (Wildman–Crippen MR) is 139 cm³/mol. The summed E-state index contributed by atoms with van der Waals surface area (Å²) in [4.78, 5) is 23.9. The molecule has 1 saturated heterocycles. The first-order chi connectivity index (χ1) is 18.9. The standard InChI is InChI=1S/C28H28FN5O5/c1-3-28(16-36-14-19-10-6-4-7-11-19)23(37-15-20-12-8-5-9-13-20)22(38-18(2)35)26(39-28)34-17-31-21-24(30)32-27(29)33-25(21)34/h3-13,17,22-23,26H,1,14-16H2,2H3,(H2,30,32,33). The third kappa shape index (κ3) is 5.51. The number of esters is 1. The molecule has 0 bridgehead atoms. The first kappa shape index (κ1) is 26.4. The molecule has 0 saturated carbocycles. The highest BCUT2D eigenvalue weighted by molar-refractivity contribution is 5.81. The van der Waals surface area contributed by atoms with Gasteiger partial charge in [0.25, 0.3) is 0 Å². The van der Waals surface area contributed by atoms with Crippen molar-refractivity contribution >= 4 is 23.0 Å². The quantitative estimate of drug-likeness (QED) is 0.184. The molecule has 1 aliphatic rings. The molecule has 4 aromatic rings. The number of nitrogens with two attached hydrogens (primary N) is 1. The Morgan fingerprint density at radius 3 is 2.44 bits per heavy atom. The van der Waals surface area contributed by atoms with Crippen molar-refractivity contribution in [1.82, 2.24) is 19.5 Å². The molecule has 4 unspecified atom stereocenters. The van der Waals surface area contributed by atoms with E-state index in [2.05, 4.69) is 21.5 Å². The van der Waals surface area contributed by atoms with Crippen LogP contribution < -0.4 is 5.73 Å². The first-order valence-electron chi connectivity index (χ1n) is 12.3. The Labute approximate surface area is 224 Å². The highest BCUT2D eigenvalue weighted by Crippen LogP contribution is 2.43. The number of nitrogens with zero attached hydrogens (tertiary/aromatic N) is 4. The Kier molecular flexibility index (Phi) is 7.64. The Balaban J connectivity index is 1.52. The molecule has 202 valence electrons. The van der Waals surface area contributed by atoms with E-state index in [0.717, 1.165) is 11.1 Å². The molecular weight excluding hydrogens is 505 g/mol. The summed E-state index contributed by atoms with van der Waals surface area (Å²) in [5.41, 5.74) is 6.74. The zero-order valence-electron chi connectivity index (χ0n) is 21.3. The van der Waals surface area contributed by atoms with Crippen molar-refractivity contribution in [3.8, 4) is 0 Å². The van der Waals surface area contributed by atoms with E-state index in [9.17, 15) is 9.18 Å². The number of carbonyl (C=O) groups excluding carboxylic acids is 1. The fraction of sp³-hybridized carbons (Fsp3) is 0.286. The lowest BCUT2D eigenvalue weighted by molar-refractivity contribution is -0.158. The molecule has 2 N–H and O–H groups in total. The summed E-state index contributed by atoms with van der Waals surface area (Å²) in [5.74, 6) is -0.687. The van der Waals surface area contributed by atoms with Crippen LogP contribution >= 0.6 is 0 Å². The Morgan fingerprint density at radius 1 is 1.13 bits per heavy atom. The van der Waals surface area contributed by atoms with Crippen LogP contribution in [0, 0.1) is 6.08 Å². The molecule has 11 heteroatoms. The monoisotopic (exact) mass is 533 g/mol. The molecule has 4 atom stereocenters. The zero-order valence-corrected chi connectivity index (χ0v) is 21.3. The van der Waals surface area contributed by atoms with E-state index in [1.807, 2.05) is 60.7 Å². The van der Waals surface area contributed by atoms with Gasteiger partial charge in [-0.3, -0.25) is 9.36 Å². The lowest BCUT2D eigenvalue weighted by atomic mass is 9.95. The van der Waals surface area contributed by atoms with Gasteiger partial charge in [0.1, 0.15) is 11.7 Å². The number of benzene rings is 2. The summed E-state index contributed by atoms with van der Waals surface area (Å²) in [6.07, 6.45) is -0.946. The number of anilines is 1. The Bertz CT molecular complexity index is 1450. The summed E-state index contributed by atoms with van der Waals surface area (Å²) in [6, 6.07) is 19.2. The Morgan fingerprint density at radius 2 is 1.79 bits per heavy atom. The number of ether oxygens (including phenoxy) is 4. The molecule has 0 spiro atoms. The average molecular weight is 534 g/mol. The summed E-state index contributed by atoms with van der Waals surface area (Å²) in [7, 11) is 0. The van der Waals surface area contributed by atoms with Crippen molar-refractivity contribution < 1.29 is 28.1 Å². The van der Waals surface area contributed by atoms with Crippen LogP contribution in [0.5, 0.6) is 0 Å². The first-order valence-corrected chi connectivity index (χ1v) is 12.3. The summed E-state index contributed by atoms with van der Waals surface area (Å²) in [5, 5.41) is 0. The van der Waals surface area contributed by atoms with Gasteiger partial charge in [-0.25, -0.2) is 4.98 Å². The smallest absolute Gasteiger partial charge is 0.312 e. The van der Waals surface area contributed by atoms with Crippen molar-refractivity contribution in [1.29, 1.82) is 0 Å². The summed E-state index contributed by atoms with van der Waals surface area (Å²) < 4.78 is 40.4.